The minimum atomic E-state index is -1.06. The Kier molecular flexibility index (Phi) is 7.05. The van der Waals surface area contributed by atoms with Crippen molar-refractivity contribution in [3.63, 3.8) is 0 Å². The predicted octanol–water partition coefficient (Wildman–Crippen LogP) is 3.77. The average molecular weight is 466 g/mol. The summed E-state index contributed by atoms with van der Waals surface area (Å²) in [6.45, 7) is 6.63. The van der Waals surface area contributed by atoms with Crippen molar-refractivity contribution in [2.24, 2.45) is 0 Å². The van der Waals surface area contributed by atoms with Crippen LogP contribution < -0.4 is 10.6 Å². The molecule has 34 heavy (non-hydrogen) atoms. The number of aryl methyl sites for hydroxylation is 1. The molecular weight excluding hydrogens is 430 g/mol. The molecule has 1 saturated carbocycles. The molecule has 8 nitrogen and oxygen atoms in total. The first kappa shape index (κ1) is 24.0. The second-order valence-corrected chi connectivity index (χ2v) is 9.62. The second-order valence-electron chi connectivity index (χ2n) is 9.62. The van der Waals surface area contributed by atoms with Crippen molar-refractivity contribution in [2.75, 3.05) is 11.9 Å². The molecule has 2 aromatic rings. The van der Waals surface area contributed by atoms with Crippen LogP contribution >= 0.6 is 0 Å². The van der Waals surface area contributed by atoms with Gasteiger partial charge in [0.2, 0.25) is 5.91 Å². The van der Waals surface area contributed by atoms with Crippen LogP contribution in [0.4, 0.5) is 5.69 Å². The number of rotatable bonds is 8. The van der Waals surface area contributed by atoms with Crippen LogP contribution in [0.3, 0.4) is 0 Å². The lowest BCUT2D eigenvalue weighted by Crippen LogP contribution is -2.65. The molecule has 0 saturated heterocycles. The molecule has 2 heterocycles. The summed E-state index contributed by atoms with van der Waals surface area (Å²) in [5.41, 5.74) is 1.26. The molecule has 1 fully saturated rings. The van der Waals surface area contributed by atoms with Gasteiger partial charge >= 0.3 is 0 Å². The van der Waals surface area contributed by atoms with E-state index in [0.29, 0.717) is 17.9 Å². The van der Waals surface area contributed by atoms with Crippen LogP contribution in [0.5, 0.6) is 0 Å². The molecule has 1 aromatic heterocycles. The van der Waals surface area contributed by atoms with Crippen LogP contribution in [-0.2, 0) is 17.8 Å². The summed E-state index contributed by atoms with van der Waals surface area (Å²) in [6.07, 6.45) is 6.75. The normalized spacial score (nSPS) is 20.3. The minimum Gasteiger partial charge on any atom is -0.351 e. The van der Waals surface area contributed by atoms with Gasteiger partial charge in [-0.1, -0.05) is 45.2 Å². The third kappa shape index (κ3) is 4.72. The van der Waals surface area contributed by atoms with E-state index in [-0.39, 0.29) is 36.0 Å². The van der Waals surface area contributed by atoms with Crippen LogP contribution in [0.2, 0.25) is 0 Å². The first-order chi connectivity index (χ1) is 16.4. The molecule has 1 aliphatic carbocycles. The fourth-order valence-electron chi connectivity index (χ4n) is 4.89. The Balaban J connectivity index is 1.59. The Labute approximate surface area is 201 Å². The number of fused-ring (bicyclic) bond motifs is 1. The SMILES string of the molecule is CCCCN1C(=O)c2cc(C(=O)Nc3cccc(CC)c3)nn2CC1(C)C(=O)NC1CCCC1. The van der Waals surface area contributed by atoms with Crippen molar-refractivity contribution in [2.45, 2.75) is 83.8 Å². The number of aromatic nitrogens is 2. The molecule has 2 aliphatic rings. The number of carbonyl (C=O) groups is 3. The number of hydrogen-bond donors (Lipinski definition) is 2. The second kappa shape index (κ2) is 9.99. The summed E-state index contributed by atoms with van der Waals surface area (Å²) in [6, 6.07) is 9.36. The van der Waals surface area contributed by atoms with E-state index in [2.05, 4.69) is 29.6 Å². The van der Waals surface area contributed by atoms with Crippen molar-refractivity contribution in [1.29, 1.82) is 0 Å². The lowest BCUT2D eigenvalue weighted by molar-refractivity contribution is -0.133. The van der Waals surface area contributed by atoms with E-state index in [1.807, 2.05) is 31.2 Å². The van der Waals surface area contributed by atoms with Crippen molar-refractivity contribution in [3.05, 3.63) is 47.3 Å². The Morgan fingerprint density at radius 3 is 2.65 bits per heavy atom. The largest absolute Gasteiger partial charge is 0.351 e. The van der Waals surface area contributed by atoms with Crippen LogP contribution in [0.25, 0.3) is 0 Å². The van der Waals surface area contributed by atoms with Crippen molar-refractivity contribution in [3.8, 4) is 0 Å². The third-order valence-corrected chi connectivity index (χ3v) is 7.04. The van der Waals surface area contributed by atoms with Gasteiger partial charge in [-0.3, -0.25) is 19.1 Å². The lowest BCUT2D eigenvalue weighted by Gasteiger charge is -2.43. The lowest BCUT2D eigenvalue weighted by atomic mass is 9.94. The highest BCUT2D eigenvalue weighted by Crippen LogP contribution is 2.29. The van der Waals surface area contributed by atoms with E-state index in [1.165, 1.54) is 10.7 Å². The highest BCUT2D eigenvalue weighted by molar-refractivity contribution is 6.06. The number of nitrogens with one attached hydrogen (secondary N) is 2. The summed E-state index contributed by atoms with van der Waals surface area (Å²) in [5.74, 6) is -0.782. The molecule has 4 rings (SSSR count). The molecule has 1 unspecified atom stereocenters. The summed E-state index contributed by atoms with van der Waals surface area (Å²) in [5, 5.41) is 10.5. The van der Waals surface area contributed by atoms with E-state index in [9.17, 15) is 14.4 Å². The van der Waals surface area contributed by atoms with Crippen LogP contribution in [0, 0.1) is 0 Å². The molecule has 182 valence electrons. The van der Waals surface area contributed by atoms with Gasteiger partial charge in [0, 0.05) is 24.3 Å². The maximum atomic E-state index is 13.5. The molecule has 3 amide bonds. The van der Waals surface area contributed by atoms with Gasteiger partial charge in [0.1, 0.15) is 11.2 Å². The van der Waals surface area contributed by atoms with Gasteiger partial charge in [0.25, 0.3) is 11.8 Å². The molecule has 0 radical (unpaired) electrons. The Morgan fingerprint density at radius 2 is 1.94 bits per heavy atom. The Bertz CT molecular complexity index is 1070. The number of unbranched alkanes of at least 4 members (excludes halogenated alkanes) is 1. The van der Waals surface area contributed by atoms with Gasteiger partial charge < -0.3 is 15.5 Å². The Hall–Kier alpha value is -3.16. The molecule has 2 N–H and O–H groups in total. The summed E-state index contributed by atoms with van der Waals surface area (Å²) < 4.78 is 1.52. The maximum Gasteiger partial charge on any atom is 0.276 e. The fraction of sp³-hybridized carbons (Fsp3) is 0.538. The van der Waals surface area contributed by atoms with Gasteiger partial charge in [-0.05, 0) is 50.3 Å². The number of benzene rings is 1. The van der Waals surface area contributed by atoms with E-state index < -0.39 is 5.54 Å². The van der Waals surface area contributed by atoms with Crippen LogP contribution in [-0.4, -0.2) is 50.5 Å². The van der Waals surface area contributed by atoms with Crippen molar-refractivity contribution < 1.29 is 14.4 Å². The molecule has 0 bridgehead atoms. The molecule has 1 aliphatic heterocycles. The number of nitrogens with zero attached hydrogens (tertiary/aromatic N) is 3. The molecule has 0 spiro atoms. The highest BCUT2D eigenvalue weighted by Gasteiger charge is 2.48. The first-order valence-corrected chi connectivity index (χ1v) is 12.5. The number of hydrogen-bond acceptors (Lipinski definition) is 4. The highest BCUT2D eigenvalue weighted by atomic mass is 16.2. The monoisotopic (exact) mass is 465 g/mol. The summed E-state index contributed by atoms with van der Waals surface area (Å²) >= 11 is 0. The van der Waals surface area contributed by atoms with Crippen molar-refractivity contribution in [1.82, 2.24) is 20.0 Å². The summed E-state index contributed by atoms with van der Waals surface area (Å²) in [4.78, 5) is 41.5. The van der Waals surface area contributed by atoms with E-state index in [1.54, 1.807) is 4.90 Å². The van der Waals surface area contributed by atoms with Gasteiger partial charge in [-0.25, -0.2) is 0 Å². The number of anilines is 1. The van der Waals surface area contributed by atoms with Crippen molar-refractivity contribution >= 4 is 23.4 Å². The summed E-state index contributed by atoms with van der Waals surface area (Å²) in [7, 11) is 0. The maximum absolute atomic E-state index is 13.5. The van der Waals surface area contributed by atoms with E-state index in [4.69, 9.17) is 0 Å². The standard InChI is InChI=1S/C26H35N5O3/c1-4-6-14-30-24(33)22-16-21(23(32)27-20-13-9-10-18(5-2)15-20)29-31(22)17-26(30,3)25(34)28-19-11-7-8-12-19/h9-10,13,15-16,19H,4-8,11-12,14,17H2,1-3H3,(H,27,32)(H,28,34). The minimum absolute atomic E-state index is 0.146. The molecular formula is C26H35N5O3. The smallest absolute Gasteiger partial charge is 0.276 e. The first-order valence-electron chi connectivity index (χ1n) is 12.5. The van der Waals surface area contributed by atoms with Crippen LogP contribution in [0.15, 0.2) is 30.3 Å². The number of amides is 3. The molecule has 1 atom stereocenters. The zero-order chi connectivity index (χ0) is 24.3. The molecule has 8 heteroatoms. The predicted molar refractivity (Wildman–Crippen MR) is 131 cm³/mol. The van der Waals surface area contributed by atoms with Gasteiger partial charge in [-0.2, -0.15) is 5.10 Å². The van der Waals surface area contributed by atoms with Gasteiger partial charge in [0.15, 0.2) is 5.69 Å². The van der Waals surface area contributed by atoms with E-state index in [0.717, 1.165) is 50.5 Å². The van der Waals surface area contributed by atoms with Gasteiger partial charge in [0.05, 0.1) is 6.54 Å². The van der Waals surface area contributed by atoms with Gasteiger partial charge in [-0.15, -0.1) is 0 Å². The zero-order valence-corrected chi connectivity index (χ0v) is 20.4. The fourth-order valence-corrected chi connectivity index (χ4v) is 4.89. The average Bonchev–Trinajstić information content (AvgIpc) is 3.49. The third-order valence-electron chi connectivity index (χ3n) is 7.04. The topological polar surface area (TPSA) is 96.3 Å². The number of carbonyl (C=O) groups excluding carboxylic acids is 3. The van der Waals surface area contributed by atoms with Crippen LogP contribution in [0.1, 0.15) is 85.8 Å². The quantitative estimate of drug-likeness (QED) is 0.620. The zero-order valence-electron chi connectivity index (χ0n) is 20.4. The Morgan fingerprint density at radius 1 is 1.18 bits per heavy atom. The van der Waals surface area contributed by atoms with E-state index >= 15 is 0 Å². The molecule has 1 aromatic carbocycles.